The minimum atomic E-state index is -3.98. The van der Waals surface area contributed by atoms with Crippen molar-refractivity contribution in [2.45, 2.75) is 77.5 Å². The molecule has 5 heteroatoms. The highest BCUT2D eigenvalue weighted by atomic mass is 32.2. The van der Waals surface area contributed by atoms with E-state index >= 15 is 0 Å². The Bertz CT molecular complexity index is 302. The van der Waals surface area contributed by atoms with Crippen LogP contribution in [0.15, 0.2) is 0 Å². The molecule has 116 valence electrons. The predicted molar refractivity (Wildman–Crippen MR) is 80.8 cm³/mol. The lowest BCUT2D eigenvalue weighted by molar-refractivity contribution is 0.406. The quantitative estimate of drug-likeness (QED) is 0.426. The monoisotopic (exact) mass is 293 g/mol. The van der Waals surface area contributed by atoms with E-state index in [4.69, 9.17) is 4.55 Å². The van der Waals surface area contributed by atoms with Crippen molar-refractivity contribution in [1.29, 1.82) is 0 Å². The van der Waals surface area contributed by atoms with Gasteiger partial charge in [0.25, 0.3) is 10.1 Å². The van der Waals surface area contributed by atoms with Crippen molar-refractivity contribution in [3.05, 3.63) is 0 Å². The molecular formula is C14H31NO3S. The van der Waals surface area contributed by atoms with Crippen LogP contribution in [-0.4, -0.2) is 24.9 Å². The zero-order valence-electron chi connectivity index (χ0n) is 12.7. The molecule has 0 heterocycles. The number of rotatable bonds is 12. The molecule has 0 aromatic rings. The van der Waals surface area contributed by atoms with Gasteiger partial charge in [-0.05, 0) is 18.9 Å². The van der Waals surface area contributed by atoms with Crippen LogP contribution in [0.1, 0.15) is 72.1 Å². The van der Waals surface area contributed by atoms with E-state index in [2.05, 4.69) is 12.2 Å². The first kappa shape index (κ1) is 18.9. The Hall–Kier alpha value is -0.130. The maximum atomic E-state index is 11.1. The van der Waals surface area contributed by atoms with Gasteiger partial charge in [-0.1, -0.05) is 65.7 Å². The van der Waals surface area contributed by atoms with Gasteiger partial charge in [-0.3, -0.25) is 9.87 Å². The molecule has 0 fully saturated rings. The largest absolute Gasteiger partial charge is 0.299 e. The average molecular weight is 293 g/mol. The van der Waals surface area contributed by atoms with Crippen molar-refractivity contribution < 1.29 is 13.0 Å². The molecule has 0 aromatic heterocycles. The van der Waals surface area contributed by atoms with Crippen molar-refractivity contribution >= 4 is 10.1 Å². The second kappa shape index (κ2) is 10.6. The predicted octanol–water partition coefficient (Wildman–Crippen LogP) is 3.59. The zero-order valence-corrected chi connectivity index (χ0v) is 13.5. The third-order valence-electron chi connectivity index (χ3n) is 3.30. The third-order valence-corrected chi connectivity index (χ3v) is 4.66. The summed E-state index contributed by atoms with van der Waals surface area (Å²) in [5, 5.41) is 2.10. The van der Waals surface area contributed by atoms with Crippen LogP contribution >= 0.6 is 0 Å². The van der Waals surface area contributed by atoms with Gasteiger partial charge >= 0.3 is 0 Å². The van der Waals surface area contributed by atoms with Gasteiger partial charge < -0.3 is 0 Å². The van der Waals surface area contributed by atoms with Crippen molar-refractivity contribution in [3.63, 3.8) is 0 Å². The van der Waals surface area contributed by atoms with Gasteiger partial charge in [0, 0.05) is 0 Å². The maximum Gasteiger partial charge on any atom is 0.281 e. The van der Waals surface area contributed by atoms with Crippen molar-refractivity contribution in [2.75, 3.05) is 6.54 Å². The third kappa shape index (κ3) is 10.3. The molecule has 0 bridgehead atoms. The fourth-order valence-corrected chi connectivity index (χ4v) is 3.20. The number of hydrogen-bond acceptors (Lipinski definition) is 3. The number of hydrogen-bond donors (Lipinski definition) is 2. The first-order valence-electron chi connectivity index (χ1n) is 7.59. The van der Waals surface area contributed by atoms with Gasteiger partial charge in [0.2, 0.25) is 0 Å². The molecule has 4 nitrogen and oxygen atoms in total. The Balaban J connectivity index is 3.57. The van der Waals surface area contributed by atoms with Crippen LogP contribution in [0.5, 0.6) is 0 Å². The molecular weight excluding hydrogens is 262 g/mol. The van der Waals surface area contributed by atoms with E-state index in [1.54, 1.807) is 13.8 Å². The van der Waals surface area contributed by atoms with Crippen molar-refractivity contribution in [2.24, 2.45) is 5.92 Å². The summed E-state index contributed by atoms with van der Waals surface area (Å²) in [7, 11) is -3.98. The lowest BCUT2D eigenvalue weighted by atomic mass is 10.1. The lowest BCUT2D eigenvalue weighted by Crippen LogP contribution is -2.41. The van der Waals surface area contributed by atoms with E-state index in [1.807, 2.05) is 0 Å². The van der Waals surface area contributed by atoms with E-state index < -0.39 is 15.5 Å². The molecule has 19 heavy (non-hydrogen) atoms. The average Bonchev–Trinajstić information content (AvgIpc) is 2.29. The minimum absolute atomic E-state index is 0.121. The maximum absolute atomic E-state index is 11.1. The van der Waals surface area contributed by atoms with Crippen LogP contribution in [0.2, 0.25) is 0 Å². The van der Waals surface area contributed by atoms with E-state index in [0.29, 0.717) is 6.54 Å². The summed E-state index contributed by atoms with van der Waals surface area (Å²) in [5.74, 6) is -0.121. The summed E-state index contributed by atoms with van der Waals surface area (Å²) in [4.78, 5) is 0. The molecule has 1 unspecified atom stereocenters. The summed E-state index contributed by atoms with van der Waals surface area (Å²) in [5.41, 5.74) is 0. The van der Waals surface area contributed by atoms with Crippen LogP contribution in [0.3, 0.4) is 0 Å². The molecule has 0 saturated carbocycles. The van der Waals surface area contributed by atoms with Gasteiger partial charge in [-0.25, -0.2) is 0 Å². The molecule has 0 aromatic carbocycles. The topological polar surface area (TPSA) is 66.4 Å². The van der Waals surface area contributed by atoms with Gasteiger partial charge in [0.05, 0.1) is 0 Å². The van der Waals surface area contributed by atoms with Crippen LogP contribution in [0.25, 0.3) is 0 Å². The minimum Gasteiger partial charge on any atom is -0.299 e. The summed E-state index contributed by atoms with van der Waals surface area (Å²) in [6.45, 7) is 6.45. The fourth-order valence-electron chi connectivity index (χ4n) is 2.19. The summed E-state index contributed by atoms with van der Waals surface area (Å²) in [6, 6.07) is 0. The highest BCUT2D eigenvalue weighted by molar-refractivity contribution is 7.86. The molecule has 2 N–H and O–H groups in total. The first-order chi connectivity index (χ1) is 8.89. The van der Waals surface area contributed by atoms with Gasteiger partial charge in [0.1, 0.15) is 5.37 Å². The number of nitrogens with one attached hydrogen (secondary N) is 1. The SMILES string of the molecule is CCCCCCCCCCNC(C(C)C)S(=O)(=O)O. The highest BCUT2D eigenvalue weighted by Gasteiger charge is 2.25. The first-order valence-corrected chi connectivity index (χ1v) is 9.09. The zero-order chi connectivity index (χ0) is 14.7. The Morgan fingerprint density at radius 2 is 1.42 bits per heavy atom. The van der Waals surface area contributed by atoms with Crippen molar-refractivity contribution in [1.82, 2.24) is 5.32 Å². The Morgan fingerprint density at radius 3 is 1.84 bits per heavy atom. The standard InChI is InChI=1S/C14H31NO3S/c1-4-5-6-7-8-9-10-11-12-15-14(13(2)3)19(16,17)18/h13-15H,4-12H2,1-3H3,(H,16,17,18). The van der Waals surface area contributed by atoms with Crippen molar-refractivity contribution in [3.8, 4) is 0 Å². The Labute approximate surface area is 119 Å². The molecule has 0 aliphatic heterocycles. The van der Waals surface area contributed by atoms with Crippen LogP contribution in [-0.2, 0) is 10.1 Å². The van der Waals surface area contributed by atoms with Gasteiger partial charge in [-0.2, -0.15) is 8.42 Å². The molecule has 0 amide bonds. The van der Waals surface area contributed by atoms with E-state index in [9.17, 15) is 8.42 Å². The fraction of sp³-hybridized carbons (Fsp3) is 1.00. The van der Waals surface area contributed by atoms with Crippen LogP contribution in [0, 0.1) is 5.92 Å². The second-order valence-corrected chi connectivity index (χ2v) is 7.15. The molecule has 1 atom stereocenters. The number of unbranched alkanes of at least 4 members (excludes halogenated alkanes) is 7. The summed E-state index contributed by atoms with van der Waals surface area (Å²) in [6.07, 6.45) is 9.80. The van der Waals surface area contributed by atoms with Gasteiger partial charge in [-0.15, -0.1) is 0 Å². The Morgan fingerprint density at radius 1 is 0.947 bits per heavy atom. The molecule has 0 rings (SSSR count). The second-order valence-electron chi connectivity index (χ2n) is 5.61. The molecule has 0 aliphatic rings. The van der Waals surface area contributed by atoms with Crippen LogP contribution in [0.4, 0.5) is 0 Å². The Kier molecular flexibility index (Phi) is 10.6. The molecule has 0 radical (unpaired) electrons. The normalized spacial score (nSPS) is 13.9. The lowest BCUT2D eigenvalue weighted by Gasteiger charge is -2.19. The smallest absolute Gasteiger partial charge is 0.281 e. The van der Waals surface area contributed by atoms with E-state index in [1.165, 1.54) is 38.5 Å². The van der Waals surface area contributed by atoms with Crippen LogP contribution < -0.4 is 5.32 Å². The molecule has 0 spiro atoms. The van der Waals surface area contributed by atoms with E-state index in [-0.39, 0.29) is 5.92 Å². The molecule has 0 aliphatic carbocycles. The summed E-state index contributed by atoms with van der Waals surface area (Å²) >= 11 is 0. The van der Waals surface area contributed by atoms with Gasteiger partial charge in [0.15, 0.2) is 0 Å². The van der Waals surface area contributed by atoms with E-state index in [0.717, 1.165) is 12.8 Å². The molecule has 0 saturated heterocycles. The highest BCUT2D eigenvalue weighted by Crippen LogP contribution is 2.10. The summed E-state index contributed by atoms with van der Waals surface area (Å²) < 4.78 is 31.3.